The lowest BCUT2D eigenvalue weighted by molar-refractivity contribution is 0.0357. The molecule has 0 saturated carbocycles. The Bertz CT molecular complexity index is 343. The van der Waals surface area contributed by atoms with E-state index >= 15 is 0 Å². The van der Waals surface area contributed by atoms with Crippen molar-refractivity contribution >= 4 is 11.6 Å². The fourth-order valence-electron chi connectivity index (χ4n) is 1.76. The van der Waals surface area contributed by atoms with Gasteiger partial charge in [-0.25, -0.2) is 4.98 Å². The van der Waals surface area contributed by atoms with Crippen LogP contribution >= 0.6 is 11.6 Å². The summed E-state index contributed by atoms with van der Waals surface area (Å²) in [7, 11) is 0. The summed E-state index contributed by atoms with van der Waals surface area (Å²) in [6, 6.07) is 5.40. The van der Waals surface area contributed by atoms with Crippen molar-refractivity contribution in [1.82, 2.24) is 9.88 Å². The Morgan fingerprint density at radius 3 is 2.94 bits per heavy atom. The molecule has 17 heavy (non-hydrogen) atoms. The third-order valence-electron chi connectivity index (χ3n) is 2.66. The first-order valence-corrected chi connectivity index (χ1v) is 6.28. The minimum Gasteiger partial charge on any atom is -0.478 e. The van der Waals surface area contributed by atoms with Gasteiger partial charge >= 0.3 is 0 Å². The normalized spacial score (nSPS) is 17.0. The molecular weight excluding hydrogens is 240 g/mol. The van der Waals surface area contributed by atoms with Crippen LogP contribution in [0.5, 0.6) is 5.88 Å². The van der Waals surface area contributed by atoms with Crippen molar-refractivity contribution in [2.75, 3.05) is 39.5 Å². The Balaban J connectivity index is 1.62. The predicted molar refractivity (Wildman–Crippen MR) is 66.6 cm³/mol. The monoisotopic (exact) mass is 256 g/mol. The zero-order valence-corrected chi connectivity index (χ0v) is 10.5. The highest BCUT2D eigenvalue weighted by molar-refractivity contribution is 6.29. The maximum atomic E-state index is 5.77. The highest BCUT2D eigenvalue weighted by Gasteiger charge is 2.09. The number of nitrogens with zero attached hydrogens (tertiary/aromatic N) is 2. The summed E-state index contributed by atoms with van der Waals surface area (Å²) < 4.78 is 10.8. The number of hydrogen-bond donors (Lipinski definition) is 0. The number of ether oxygens (including phenoxy) is 2. The molecule has 0 radical (unpaired) electrons. The molecule has 1 saturated heterocycles. The second-order valence-electron chi connectivity index (χ2n) is 3.95. The molecule has 0 unspecified atom stereocenters. The summed E-state index contributed by atoms with van der Waals surface area (Å²) in [5.74, 6) is 0.597. The van der Waals surface area contributed by atoms with Gasteiger partial charge in [0.15, 0.2) is 0 Å². The van der Waals surface area contributed by atoms with Crippen molar-refractivity contribution in [1.29, 1.82) is 0 Å². The minimum absolute atomic E-state index is 0.468. The van der Waals surface area contributed by atoms with E-state index in [1.165, 1.54) is 0 Å². The average molecular weight is 257 g/mol. The Morgan fingerprint density at radius 2 is 2.18 bits per heavy atom. The molecule has 0 aliphatic carbocycles. The third kappa shape index (κ3) is 4.50. The van der Waals surface area contributed by atoms with E-state index in [4.69, 9.17) is 21.1 Å². The lowest BCUT2D eigenvalue weighted by Crippen LogP contribution is -2.37. The quantitative estimate of drug-likeness (QED) is 0.595. The van der Waals surface area contributed by atoms with E-state index in [9.17, 15) is 0 Å². The fraction of sp³-hybridized carbons (Fsp3) is 0.583. The van der Waals surface area contributed by atoms with Crippen LogP contribution < -0.4 is 4.74 Å². The second-order valence-corrected chi connectivity index (χ2v) is 4.34. The number of pyridine rings is 1. The molecule has 2 rings (SSSR count). The number of hydrogen-bond acceptors (Lipinski definition) is 4. The van der Waals surface area contributed by atoms with E-state index in [0.717, 1.165) is 39.3 Å². The summed E-state index contributed by atoms with van der Waals surface area (Å²) in [6.07, 6.45) is 0.994. The SMILES string of the molecule is Clc1cccc(OCCCN2CCOCC2)n1. The molecule has 4 nitrogen and oxygen atoms in total. The molecule has 1 aliphatic heterocycles. The summed E-state index contributed by atoms with van der Waals surface area (Å²) in [5.41, 5.74) is 0. The molecule has 1 fully saturated rings. The summed E-state index contributed by atoms with van der Waals surface area (Å²) >= 11 is 5.77. The molecule has 2 heterocycles. The maximum Gasteiger partial charge on any atom is 0.214 e. The van der Waals surface area contributed by atoms with Gasteiger partial charge in [0.05, 0.1) is 19.8 Å². The first-order valence-electron chi connectivity index (χ1n) is 5.90. The van der Waals surface area contributed by atoms with E-state index in [2.05, 4.69) is 9.88 Å². The van der Waals surface area contributed by atoms with Gasteiger partial charge in [-0.3, -0.25) is 4.90 Å². The van der Waals surface area contributed by atoms with Crippen molar-refractivity contribution in [3.05, 3.63) is 23.4 Å². The van der Waals surface area contributed by atoms with Gasteiger partial charge in [-0.05, 0) is 12.5 Å². The van der Waals surface area contributed by atoms with Crippen LogP contribution in [0.15, 0.2) is 18.2 Å². The second kappa shape index (κ2) is 6.79. The van der Waals surface area contributed by atoms with Crippen LogP contribution in [-0.4, -0.2) is 49.3 Å². The first kappa shape index (κ1) is 12.6. The number of rotatable bonds is 5. The standard InChI is InChI=1S/C12H17ClN2O2/c13-11-3-1-4-12(14-11)17-8-2-5-15-6-9-16-10-7-15/h1,3-4H,2,5-10H2. The Labute approximate surface area is 106 Å². The average Bonchev–Trinajstić information content (AvgIpc) is 2.36. The molecule has 0 N–H and O–H groups in total. The van der Waals surface area contributed by atoms with E-state index in [-0.39, 0.29) is 0 Å². The first-order chi connectivity index (χ1) is 8.34. The van der Waals surface area contributed by atoms with E-state index in [1.54, 1.807) is 6.07 Å². The molecule has 0 bridgehead atoms. The Hall–Kier alpha value is -0.840. The van der Waals surface area contributed by atoms with Gasteiger partial charge in [-0.1, -0.05) is 17.7 Å². The van der Waals surface area contributed by atoms with E-state index in [1.807, 2.05) is 12.1 Å². The largest absolute Gasteiger partial charge is 0.478 e. The van der Waals surface area contributed by atoms with E-state index in [0.29, 0.717) is 17.6 Å². The van der Waals surface area contributed by atoms with Crippen LogP contribution in [-0.2, 0) is 4.74 Å². The lowest BCUT2D eigenvalue weighted by Gasteiger charge is -2.26. The molecule has 1 aliphatic rings. The highest BCUT2D eigenvalue weighted by Crippen LogP contribution is 2.11. The highest BCUT2D eigenvalue weighted by atomic mass is 35.5. The molecule has 0 amide bonds. The third-order valence-corrected chi connectivity index (χ3v) is 2.87. The topological polar surface area (TPSA) is 34.6 Å². The molecule has 1 aromatic rings. The maximum absolute atomic E-state index is 5.77. The Morgan fingerprint density at radius 1 is 1.35 bits per heavy atom. The van der Waals surface area contributed by atoms with Gasteiger partial charge in [-0.15, -0.1) is 0 Å². The zero-order valence-electron chi connectivity index (χ0n) is 9.77. The summed E-state index contributed by atoms with van der Waals surface area (Å²) in [6.45, 7) is 5.45. The number of halogens is 1. The molecule has 0 atom stereocenters. The fourth-order valence-corrected chi connectivity index (χ4v) is 1.92. The van der Waals surface area contributed by atoms with Crippen LogP contribution in [0, 0.1) is 0 Å². The number of aromatic nitrogens is 1. The van der Waals surface area contributed by atoms with E-state index < -0.39 is 0 Å². The molecule has 0 aromatic carbocycles. The van der Waals surface area contributed by atoms with Gasteiger partial charge in [-0.2, -0.15) is 0 Å². The summed E-state index contributed by atoms with van der Waals surface area (Å²) in [4.78, 5) is 6.45. The Kier molecular flexibility index (Phi) is 5.04. The molecular formula is C12H17ClN2O2. The summed E-state index contributed by atoms with van der Waals surface area (Å²) in [5, 5.41) is 0.468. The van der Waals surface area contributed by atoms with Crippen molar-refractivity contribution < 1.29 is 9.47 Å². The van der Waals surface area contributed by atoms with Gasteiger partial charge in [0.25, 0.3) is 0 Å². The van der Waals surface area contributed by atoms with Gasteiger partial charge in [0.1, 0.15) is 5.15 Å². The van der Waals surface area contributed by atoms with Gasteiger partial charge in [0, 0.05) is 25.7 Å². The minimum atomic E-state index is 0.468. The van der Waals surface area contributed by atoms with Crippen LogP contribution in [0.1, 0.15) is 6.42 Å². The van der Waals surface area contributed by atoms with Crippen molar-refractivity contribution in [3.8, 4) is 5.88 Å². The van der Waals surface area contributed by atoms with Crippen LogP contribution in [0.25, 0.3) is 0 Å². The van der Waals surface area contributed by atoms with Gasteiger partial charge in [0.2, 0.25) is 5.88 Å². The number of morpholine rings is 1. The van der Waals surface area contributed by atoms with Crippen molar-refractivity contribution in [2.24, 2.45) is 0 Å². The van der Waals surface area contributed by atoms with Crippen LogP contribution in [0.3, 0.4) is 0 Å². The van der Waals surface area contributed by atoms with Crippen LogP contribution in [0.2, 0.25) is 5.15 Å². The lowest BCUT2D eigenvalue weighted by atomic mass is 10.3. The predicted octanol–water partition coefficient (Wildman–Crippen LogP) is 1.84. The molecule has 1 aromatic heterocycles. The van der Waals surface area contributed by atoms with Crippen molar-refractivity contribution in [2.45, 2.75) is 6.42 Å². The zero-order chi connectivity index (χ0) is 11.9. The smallest absolute Gasteiger partial charge is 0.214 e. The molecule has 94 valence electrons. The molecule has 5 heteroatoms. The van der Waals surface area contributed by atoms with Crippen LogP contribution in [0.4, 0.5) is 0 Å². The molecule has 0 spiro atoms. The van der Waals surface area contributed by atoms with Crippen molar-refractivity contribution in [3.63, 3.8) is 0 Å². The van der Waals surface area contributed by atoms with Gasteiger partial charge < -0.3 is 9.47 Å².